The van der Waals surface area contributed by atoms with E-state index in [0.717, 1.165) is 62.9 Å². The lowest BCUT2D eigenvalue weighted by atomic mass is 9.53. The van der Waals surface area contributed by atoms with E-state index in [1.54, 1.807) is 0 Å². The Morgan fingerprint density at radius 2 is 1.55 bits per heavy atom. The molecule has 33 heavy (non-hydrogen) atoms. The van der Waals surface area contributed by atoms with Gasteiger partial charge in [-0.15, -0.1) is 0 Å². The minimum atomic E-state index is -0.502. The van der Waals surface area contributed by atoms with Gasteiger partial charge in [0, 0.05) is 12.1 Å². The molecule has 8 heteroatoms. The van der Waals surface area contributed by atoms with E-state index in [1.165, 1.54) is 19.3 Å². The molecule has 0 aromatic carbocycles. The average molecular weight is 463 g/mol. The van der Waals surface area contributed by atoms with E-state index in [9.17, 15) is 14.4 Å². The summed E-state index contributed by atoms with van der Waals surface area (Å²) in [5, 5.41) is 8.69. The molecule has 1 heterocycles. The van der Waals surface area contributed by atoms with E-state index < -0.39 is 5.60 Å². The Morgan fingerprint density at radius 3 is 2.06 bits per heavy atom. The zero-order valence-corrected chi connectivity index (χ0v) is 20.7. The summed E-state index contributed by atoms with van der Waals surface area (Å²) >= 11 is 0. The van der Waals surface area contributed by atoms with Gasteiger partial charge < -0.3 is 15.4 Å². The molecule has 0 aromatic heterocycles. The number of imide groups is 1. The summed E-state index contributed by atoms with van der Waals surface area (Å²) < 4.78 is 5.29. The second kappa shape index (κ2) is 9.43. The summed E-state index contributed by atoms with van der Waals surface area (Å²) in [5.41, 5.74) is -0.597. The minimum absolute atomic E-state index is 0.0954. The summed E-state index contributed by atoms with van der Waals surface area (Å²) in [7, 11) is 0. The van der Waals surface area contributed by atoms with Crippen LogP contribution in [0, 0.1) is 23.7 Å². The highest BCUT2D eigenvalue weighted by atomic mass is 16.6. The molecule has 5 fully saturated rings. The quantitative estimate of drug-likeness (QED) is 0.581. The van der Waals surface area contributed by atoms with Crippen molar-refractivity contribution in [2.24, 2.45) is 23.7 Å². The van der Waals surface area contributed by atoms with E-state index in [1.807, 2.05) is 27.7 Å². The Morgan fingerprint density at radius 1 is 1.00 bits per heavy atom. The molecule has 3 N–H and O–H groups in total. The van der Waals surface area contributed by atoms with Crippen molar-refractivity contribution in [2.45, 2.75) is 96.2 Å². The first kappa shape index (κ1) is 24.3. The number of alkyl carbamates (subject to hydrolysis) is 1. The molecule has 1 atom stereocenters. The van der Waals surface area contributed by atoms with Crippen LogP contribution in [0.1, 0.15) is 79.1 Å². The fourth-order valence-corrected chi connectivity index (χ4v) is 7.00. The first-order valence-corrected chi connectivity index (χ1v) is 12.8. The number of rotatable bonds is 5. The standard InChI is InChI=1S/C25H42N4O4/c1-16(29-7-5-17(6-8-29)15-26-23(32)33-24(2,3)4)21(30)27-22(31)28-25-12-18-9-19(13-25)11-20(10-18)14-25/h16-20H,5-15H2,1-4H3,(H,26,32)(H2,27,28,30,31). The van der Waals surface area contributed by atoms with Gasteiger partial charge in [0.1, 0.15) is 5.60 Å². The summed E-state index contributed by atoms with van der Waals surface area (Å²) in [5.74, 6) is 2.37. The van der Waals surface area contributed by atoms with Crippen LogP contribution in [0.2, 0.25) is 0 Å². The predicted molar refractivity (Wildman–Crippen MR) is 126 cm³/mol. The highest BCUT2D eigenvalue weighted by Crippen LogP contribution is 2.55. The SMILES string of the molecule is CC(C(=O)NC(=O)NC12CC3CC(CC(C3)C1)C2)N1CCC(CNC(=O)OC(C)(C)C)CC1. The van der Waals surface area contributed by atoms with Crippen LogP contribution in [-0.2, 0) is 9.53 Å². The topological polar surface area (TPSA) is 99.8 Å². The zero-order chi connectivity index (χ0) is 23.8. The van der Waals surface area contributed by atoms with Gasteiger partial charge in [0.25, 0.3) is 0 Å². The van der Waals surface area contributed by atoms with Crippen molar-refractivity contribution in [3.63, 3.8) is 0 Å². The first-order chi connectivity index (χ1) is 15.5. The number of carbonyl (C=O) groups excluding carboxylic acids is 3. The lowest BCUT2D eigenvalue weighted by molar-refractivity contribution is -0.125. The van der Waals surface area contributed by atoms with Gasteiger partial charge in [0.15, 0.2) is 0 Å². The molecule has 0 radical (unpaired) electrons. The molecule has 4 aliphatic carbocycles. The van der Waals surface area contributed by atoms with Crippen molar-refractivity contribution >= 4 is 18.0 Å². The van der Waals surface area contributed by atoms with Crippen LogP contribution in [0.25, 0.3) is 0 Å². The maximum atomic E-state index is 12.8. The smallest absolute Gasteiger partial charge is 0.407 e. The second-order valence-corrected chi connectivity index (χ2v) is 12.2. The van der Waals surface area contributed by atoms with Gasteiger partial charge in [0.05, 0.1) is 6.04 Å². The predicted octanol–water partition coefficient (Wildman–Crippen LogP) is 3.41. The molecule has 4 bridgehead atoms. The highest BCUT2D eigenvalue weighted by Gasteiger charge is 2.51. The van der Waals surface area contributed by atoms with Crippen molar-refractivity contribution in [1.82, 2.24) is 20.9 Å². The Hall–Kier alpha value is -1.83. The third-order valence-electron chi connectivity index (χ3n) is 8.16. The van der Waals surface area contributed by atoms with Crippen molar-refractivity contribution < 1.29 is 19.1 Å². The van der Waals surface area contributed by atoms with Crippen LogP contribution in [0.5, 0.6) is 0 Å². The van der Waals surface area contributed by atoms with Crippen LogP contribution >= 0.6 is 0 Å². The van der Waals surface area contributed by atoms with Gasteiger partial charge >= 0.3 is 12.1 Å². The number of urea groups is 1. The molecule has 8 nitrogen and oxygen atoms in total. The number of carbonyl (C=O) groups is 3. The number of hydrogen-bond acceptors (Lipinski definition) is 5. The van der Waals surface area contributed by atoms with Crippen LogP contribution < -0.4 is 16.0 Å². The van der Waals surface area contributed by atoms with E-state index in [-0.39, 0.29) is 29.6 Å². The number of nitrogens with zero attached hydrogens (tertiary/aromatic N) is 1. The molecule has 5 rings (SSSR count). The Labute approximate surface area is 197 Å². The molecule has 0 spiro atoms. The van der Waals surface area contributed by atoms with Gasteiger partial charge in [-0.2, -0.15) is 0 Å². The van der Waals surface area contributed by atoms with E-state index >= 15 is 0 Å². The van der Waals surface area contributed by atoms with Crippen LogP contribution in [-0.4, -0.2) is 59.7 Å². The number of hydrogen-bond donors (Lipinski definition) is 3. The van der Waals surface area contributed by atoms with E-state index in [4.69, 9.17) is 4.74 Å². The fourth-order valence-electron chi connectivity index (χ4n) is 7.00. The van der Waals surface area contributed by atoms with Crippen molar-refractivity contribution in [3.05, 3.63) is 0 Å². The lowest BCUT2D eigenvalue weighted by Gasteiger charge is -2.56. The third-order valence-corrected chi connectivity index (χ3v) is 8.16. The fraction of sp³-hybridized carbons (Fsp3) is 0.880. The molecule has 1 unspecified atom stereocenters. The molecule has 0 aromatic rings. The van der Waals surface area contributed by atoms with Gasteiger partial charge in [-0.25, -0.2) is 9.59 Å². The summed E-state index contributed by atoms with van der Waals surface area (Å²) in [6, 6.07) is -0.683. The second-order valence-electron chi connectivity index (χ2n) is 12.2. The summed E-state index contributed by atoms with van der Waals surface area (Å²) in [6.45, 7) is 9.53. The van der Waals surface area contributed by atoms with Crippen molar-refractivity contribution in [2.75, 3.05) is 19.6 Å². The van der Waals surface area contributed by atoms with E-state index in [2.05, 4.69) is 20.9 Å². The molecule has 1 aliphatic heterocycles. The molecule has 186 valence electrons. The largest absolute Gasteiger partial charge is 0.444 e. The molecular formula is C25H42N4O4. The average Bonchev–Trinajstić information content (AvgIpc) is 2.69. The van der Waals surface area contributed by atoms with Gasteiger partial charge in [-0.05, 0) is 116 Å². The van der Waals surface area contributed by atoms with Crippen molar-refractivity contribution in [1.29, 1.82) is 0 Å². The lowest BCUT2D eigenvalue weighted by Crippen LogP contribution is -2.62. The van der Waals surface area contributed by atoms with Crippen molar-refractivity contribution in [3.8, 4) is 0 Å². The van der Waals surface area contributed by atoms with Gasteiger partial charge in [0.2, 0.25) is 5.91 Å². The molecular weight excluding hydrogens is 420 g/mol. The number of nitrogens with one attached hydrogen (secondary N) is 3. The van der Waals surface area contributed by atoms with E-state index in [0.29, 0.717) is 12.5 Å². The Kier molecular flexibility index (Phi) is 6.95. The maximum absolute atomic E-state index is 12.8. The summed E-state index contributed by atoms with van der Waals surface area (Å²) in [6.07, 6.45) is 8.58. The van der Waals surface area contributed by atoms with Gasteiger partial charge in [-0.1, -0.05) is 0 Å². The van der Waals surface area contributed by atoms with Crippen LogP contribution in [0.4, 0.5) is 9.59 Å². The Bertz CT molecular complexity index is 719. The molecule has 4 saturated carbocycles. The van der Waals surface area contributed by atoms with Crippen LogP contribution in [0.3, 0.4) is 0 Å². The monoisotopic (exact) mass is 462 g/mol. The van der Waals surface area contributed by atoms with Gasteiger partial charge in [-0.3, -0.25) is 15.0 Å². The third kappa shape index (κ3) is 6.19. The Balaban J connectivity index is 1.18. The number of likely N-dealkylation sites (tertiary alicyclic amines) is 1. The normalized spacial score (nSPS) is 32.8. The number of ether oxygens (including phenoxy) is 1. The highest BCUT2D eigenvalue weighted by molar-refractivity contribution is 5.97. The van der Waals surface area contributed by atoms with Crippen LogP contribution in [0.15, 0.2) is 0 Å². The first-order valence-electron chi connectivity index (χ1n) is 12.8. The molecule has 5 aliphatic rings. The minimum Gasteiger partial charge on any atom is -0.444 e. The number of amides is 4. The molecule has 1 saturated heterocycles. The maximum Gasteiger partial charge on any atom is 0.407 e. The zero-order valence-electron chi connectivity index (χ0n) is 20.7. The summed E-state index contributed by atoms with van der Waals surface area (Å²) in [4.78, 5) is 39.5. The molecule has 4 amide bonds. The number of piperidine rings is 1.